The second-order valence-corrected chi connectivity index (χ2v) is 7.28. The van der Waals surface area contributed by atoms with Gasteiger partial charge in [-0.3, -0.25) is 9.69 Å². The summed E-state index contributed by atoms with van der Waals surface area (Å²) in [5.41, 5.74) is 1.10. The summed E-state index contributed by atoms with van der Waals surface area (Å²) in [4.78, 5) is 22.2. The van der Waals surface area contributed by atoms with E-state index in [4.69, 9.17) is 0 Å². The highest BCUT2D eigenvalue weighted by atomic mass is 32.1. The Hall–Kier alpha value is -0.980. The molecule has 118 valence electrons. The van der Waals surface area contributed by atoms with E-state index >= 15 is 0 Å². The van der Waals surface area contributed by atoms with E-state index in [0.717, 1.165) is 36.6 Å². The third-order valence-electron chi connectivity index (χ3n) is 4.08. The van der Waals surface area contributed by atoms with E-state index in [1.807, 2.05) is 6.92 Å². The molecule has 1 amide bonds. The number of hydrogen-bond acceptors (Lipinski definition) is 5. The monoisotopic (exact) mass is 310 g/mol. The Bertz CT molecular complexity index is 467. The Morgan fingerprint density at radius 3 is 2.81 bits per heavy atom. The van der Waals surface area contributed by atoms with Crippen LogP contribution in [0, 0.1) is 13.8 Å². The first-order chi connectivity index (χ1) is 9.95. The number of aromatic nitrogens is 1. The second-order valence-electron chi connectivity index (χ2n) is 5.99. The van der Waals surface area contributed by atoms with Crippen molar-refractivity contribution in [3.8, 4) is 0 Å². The predicted molar refractivity (Wildman–Crippen MR) is 86.8 cm³/mol. The highest BCUT2D eigenvalue weighted by Crippen LogP contribution is 2.16. The van der Waals surface area contributed by atoms with Crippen LogP contribution in [0.4, 0.5) is 0 Å². The van der Waals surface area contributed by atoms with Gasteiger partial charge in [0.25, 0.3) is 0 Å². The first kappa shape index (κ1) is 16.4. The molecule has 1 N–H and O–H groups in total. The molecule has 2 heterocycles. The summed E-state index contributed by atoms with van der Waals surface area (Å²) in [6.45, 7) is 7.31. The summed E-state index contributed by atoms with van der Waals surface area (Å²) in [5.74, 6) is 0.124. The van der Waals surface area contributed by atoms with E-state index in [-0.39, 0.29) is 5.91 Å². The van der Waals surface area contributed by atoms with Crippen molar-refractivity contribution in [3.05, 3.63) is 15.6 Å². The molecule has 2 rings (SSSR count). The second kappa shape index (κ2) is 7.33. The zero-order valence-electron chi connectivity index (χ0n) is 13.5. The van der Waals surface area contributed by atoms with Crippen LogP contribution in [0.3, 0.4) is 0 Å². The average Bonchev–Trinajstić information content (AvgIpc) is 2.98. The molecule has 0 radical (unpaired) electrons. The summed E-state index contributed by atoms with van der Waals surface area (Å²) in [7, 11) is 4.21. The molecule has 0 saturated carbocycles. The van der Waals surface area contributed by atoms with E-state index < -0.39 is 0 Å². The summed E-state index contributed by atoms with van der Waals surface area (Å²) < 4.78 is 0. The van der Waals surface area contributed by atoms with Gasteiger partial charge in [0.1, 0.15) is 0 Å². The van der Waals surface area contributed by atoms with Gasteiger partial charge < -0.3 is 10.2 Å². The van der Waals surface area contributed by atoms with E-state index in [2.05, 4.69) is 41.1 Å². The molecule has 0 unspecified atom stereocenters. The van der Waals surface area contributed by atoms with Crippen molar-refractivity contribution < 1.29 is 4.79 Å². The Kier molecular flexibility index (Phi) is 5.72. The summed E-state index contributed by atoms with van der Waals surface area (Å²) in [6.07, 6.45) is 1.98. The minimum absolute atomic E-state index is 0.124. The quantitative estimate of drug-likeness (QED) is 0.853. The summed E-state index contributed by atoms with van der Waals surface area (Å²) >= 11 is 1.72. The van der Waals surface area contributed by atoms with Crippen LogP contribution < -0.4 is 5.32 Å². The zero-order valence-corrected chi connectivity index (χ0v) is 14.3. The number of rotatable bonds is 6. The highest BCUT2D eigenvalue weighted by molar-refractivity contribution is 7.11. The van der Waals surface area contributed by atoms with Crippen LogP contribution in [0.1, 0.15) is 22.0 Å². The molecule has 1 aliphatic rings. The van der Waals surface area contributed by atoms with Gasteiger partial charge in [0, 0.05) is 37.0 Å². The average molecular weight is 310 g/mol. The molecule has 6 heteroatoms. The molecule has 0 bridgehead atoms. The van der Waals surface area contributed by atoms with Crippen LogP contribution in [0.15, 0.2) is 0 Å². The Labute approximate surface area is 131 Å². The van der Waals surface area contributed by atoms with Crippen LogP contribution in [0.2, 0.25) is 0 Å². The Morgan fingerprint density at radius 1 is 1.48 bits per heavy atom. The highest BCUT2D eigenvalue weighted by Gasteiger charge is 2.24. The fourth-order valence-corrected chi connectivity index (χ4v) is 3.52. The van der Waals surface area contributed by atoms with Crippen LogP contribution in [-0.2, 0) is 11.2 Å². The van der Waals surface area contributed by atoms with Crippen molar-refractivity contribution in [2.75, 3.05) is 40.3 Å². The number of carbonyl (C=O) groups is 1. The van der Waals surface area contributed by atoms with Gasteiger partial charge in [-0.15, -0.1) is 11.3 Å². The molecule has 0 aliphatic carbocycles. The van der Waals surface area contributed by atoms with Crippen molar-refractivity contribution in [1.29, 1.82) is 0 Å². The molecular weight excluding hydrogens is 284 g/mol. The standard InChI is InChI=1S/C15H26N4OS/c1-11-12(2)21-15(17-11)5-7-16-14(20)10-19-8-6-13(9-19)18(3)4/h13H,5-10H2,1-4H3,(H,16,20)/t13-/m0/s1. The Balaban J connectivity index is 1.66. The first-order valence-corrected chi connectivity index (χ1v) is 8.35. The fourth-order valence-electron chi connectivity index (χ4n) is 2.59. The molecular formula is C15H26N4OS. The van der Waals surface area contributed by atoms with Crippen LogP contribution in [0.25, 0.3) is 0 Å². The number of thiazole rings is 1. The number of nitrogens with zero attached hydrogens (tertiary/aromatic N) is 3. The van der Waals surface area contributed by atoms with Crippen molar-refractivity contribution in [2.45, 2.75) is 32.7 Å². The minimum atomic E-state index is 0.124. The lowest BCUT2D eigenvalue weighted by Crippen LogP contribution is -2.38. The molecule has 1 atom stereocenters. The van der Waals surface area contributed by atoms with Gasteiger partial charge in [0.2, 0.25) is 5.91 Å². The number of hydrogen-bond donors (Lipinski definition) is 1. The lowest BCUT2D eigenvalue weighted by Gasteiger charge is -2.20. The minimum Gasteiger partial charge on any atom is -0.355 e. The Morgan fingerprint density at radius 2 is 2.24 bits per heavy atom. The van der Waals surface area contributed by atoms with Crippen molar-refractivity contribution in [2.24, 2.45) is 0 Å². The number of likely N-dealkylation sites (tertiary alicyclic amines) is 1. The van der Waals surface area contributed by atoms with Gasteiger partial charge in [-0.2, -0.15) is 0 Å². The van der Waals surface area contributed by atoms with Crippen LogP contribution >= 0.6 is 11.3 Å². The fraction of sp³-hybridized carbons (Fsp3) is 0.733. The van der Waals surface area contributed by atoms with Gasteiger partial charge in [-0.05, 0) is 34.4 Å². The largest absolute Gasteiger partial charge is 0.355 e. The molecule has 21 heavy (non-hydrogen) atoms. The molecule has 1 aromatic rings. The third-order valence-corrected chi connectivity index (χ3v) is 5.21. The number of carbonyl (C=O) groups excluding carboxylic acids is 1. The van der Waals surface area contributed by atoms with Crippen molar-refractivity contribution >= 4 is 17.2 Å². The molecule has 1 aromatic heterocycles. The molecule has 1 saturated heterocycles. The molecule has 5 nitrogen and oxygen atoms in total. The number of amides is 1. The predicted octanol–water partition coefficient (Wildman–Crippen LogP) is 1.05. The van der Waals surface area contributed by atoms with Crippen molar-refractivity contribution in [1.82, 2.24) is 20.1 Å². The molecule has 1 aliphatic heterocycles. The number of likely N-dealkylation sites (N-methyl/N-ethyl adjacent to an activating group) is 1. The number of aryl methyl sites for hydroxylation is 2. The normalized spacial score (nSPS) is 19.4. The van der Waals surface area contributed by atoms with Crippen LogP contribution in [0.5, 0.6) is 0 Å². The van der Waals surface area contributed by atoms with Gasteiger partial charge in [-0.1, -0.05) is 0 Å². The van der Waals surface area contributed by atoms with E-state index in [1.165, 1.54) is 4.88 Å². The van der Waals surface area contributed by atoms with Gasteiger partial charge in [0.15, 0.2) is 0 Å². The maximum Gasteiger partial charge on any atom is 0.234 e. The summed E-state index contributed by atoms with van der Waals surface area (Å²) in [5, 5.41) is 4.11. The zero-order chi connectivity index (χ0) is 15.4. The van der Waals surface area contributed by atoms with Crippen LogP contribution in [-0.4, -0.2) is 67.0 Å². The molecule has 0 aromatic carbocycles. The van der Waals surface area contributed by atoms with Crippen molar-refractivity contribution in [3.63, 3.8) is 0 Å². The summed E-state index contributed by atoms with van der Waals surface area (Å²) in [6, 6.07) is 0.582. The smallest absolute Gasteiger partial charge is 0.234 e. The first-order valence-electron chi connectivity index (χ1n) is 7.54. The third kappa shape index (κ3) is 4.76. The lowest BCUT2D eigenvalue weighted by molar-refractivity contribution is -0.122. The maximum atomic E-state index is 12.0. The van der Waals surface area contributed by atoms with E-state index in [1.54, 1.807) is 11.3 Å². The SMILES string of the molecule is Cc1nc(CCNC(=O)CN2CC[C@H](N(C)C)C2)sc1C. The topological polar surface area (TPSA) is 48.5 Å². The van der Waals surface area contributed by atoms with E-state index in [9.17, 15) is 4.79 Å². The number of nitrogens with one attached hydrogen (secondary N) is 1. The molecule has 1 fully saturated rings. The van der Waals surface area contributed by atoms with Gasteiger partial charge >= 0.3 is 0 Å². The maximum absolute atomic E-state index is 12.0. The van der Waals surface area contributed by atoms with Gasteiger partial charge in [-0.25, -0.2) is 4.98 Å². The lowest BCUT2D eigenvalue weighted by atomic mass is 10.2. The van der Waals surface area contributed by atoms with Gasteiger partial charge in [0.05, 0.1) is 17.2 Å². The van der Waals surface area contributed by atoms with E-state index in [0.29, 0.717) is 19.1 Å². The molecule has 0 spiro atoms.